The maximum atomic E-state index is 9.51. The molecule has 0 aromatic rings. The number of aliphatic hydroxyl groups is 1. The lowest BCUT2D eigenvalue weighted by atomic mass is 10.2. The molecule has 14 heavy (non-hydrogen) atoms. The average Bonchev–Trinajstić information content (AvgIpc) is 2.21. The zero-order chi connectivity index (χ0) is 10.8. The normalized spacial score (nSPS) is 15.4. The van der Waals surface area contributed by atoms with E-state index in [2.05, 4.69) is 26.1 Å². The fourth-order valence-corrected chi connectivity index (χ4v) is 1.01. The number of unbranched alkanes of at least 4 members (excludes halogenated alkanes) is 1. The van der Waals surface area contributed by atoms with Crippen molar-refractivity contribution in [2.75, 3.05) is 19.8 Å². The highest BCUT2D eigenvalue weighted by atomic mass is 16.5. The summed E-state index contributed by atoms with van der Waals surface area (Å²) in [4.78, 5) is 0. The first kappa shape index (κ1) is 13.9. The third-order valence-electron chi connectivity index (χ3n) is 2.27. The second kappa shape index (κ2) is 9.44. The Morgan fingerprint density at radius 1 is 1.36 bits per heavy atom. The molecule has 0 aromatic carbocycles. The first-order valence-electron chi connectivity index (χ1n) is 5.69. The van der Waals surface area contributed by atoms with E-state index in [4.69, 9.17) is 4.74 Å². The number of nitrogens with one attached hydrogen (secondary N) is 1. The van der Waals surface area contributed by atoms with Crippen LogP contribution in [0.1, 0.15) is 40.0 Å². The molecule has 0 saturated heterocycles. The molecule has 86 valence electrons. The van der Waals surface area contributed by atoms with Crippen LogP contribution < -0.4 is 5.32 Å². The lowest BCUT2D eigenvalue weighted by molar-refractivity contribution is 0.0348. The molecule has 3 heteroatoms. The van der Waals surface area contributed by atoms with Crippen LogP contribution in [0.3, 0.4) is 0 Å². The van der Waals surface area contributed by atoms with Gasteiger partial charge in [-0.1, -0.05) is 20.3 Å². The third-order valence-corrected chi connectivity index (χ3v) is 2.27. The molecule has 0 saturated carbocycles. The first-order chi connectivity index (χ1) is 6.70. The van der Waals surface area contributed by atoms with E-state index in [1.165, 1.54) is 0 Å². The van der Waals surface area contributed by atoms with Gasteiger partial charge in [-0.25, -0.2) is 0 Å². The van der Waals surface area contributed by atoms with E-state index < -0.39 is 0 Å². The van der Waals surface area contributed by atoms with Crippen LogP contribution in [0.25, 0.3) is 0 Å². The van der Waals surface area contributed by atoms with Crippen molar-refractivity contribution in [1.29, 1.82) is 0 Å². The number of rotatable bonds is 9. The summed E-state index contributed by atoms with van der Waals surface area (Å²) >= 11 is 0. The lowest BCUT2D eigenvalue weighted by Gasteiger charge is -2.15. The summed E-state index contributed by atoms with van der Waals surface area (Å²) in [7, 11) is 0. The second-order valence-corrected chi connectivity index (χ2v) is 3.80. The predicted molar refractivity (Wildman–Crippen MR) is 59.5 cm³/mol. The molecule has 0 aromatic heterocycles. The number of hydrogen-bond donors (Lipinski definition) is 2. The zero-order valence-corrected chi connectivity index (χ0v) is 9.75. The molecule has 2 unspecified atom stereocenters. The predicted octanol–water partition coefficient (Wildman–Crippen LogP) is 1.55. The van der Waals surface area contributed by atoms with Gasteiger partial charge in [0.1, 0.15) is 0 Å². The van der Waals surface area contributed by atoms with E-state index >= 15 is 0 Å². The SMILES string of the molecule is CCCCOCC(O)CNC(C)CC. The van der Waals surface area contributed by atoms with Gasteiger partial charge in [0.2, 0.25) is 0 Å². The maximum absolute atomic E-state index is 9.51. The summed E-state index contributed by atoms with van der Waals surface area (Å²) in [6, 6.07) is 0.472. The van der Waals surface area contributed by atoms with Gasteiger partial charge in [-0.3, -0.25) is 0 Å². The second-order valence-electron chi connectivity index (χ2n) is 3.80. The van der Waals surface area contributed by atoms with Gasteiger partial charge in [0.25, 0.3) is 0 Å². The van der Waals surface area contributed by atoms with Crippen LogP contribution in [0.4, 0.5) is 0 Å². The Morgan fingerprint density at radius 2 is 2.07 bits per heavy atom. The molecule has 0 spiro atoms. The minimum Gasteiger partial charge on any atom is -0.389 e. The molecule has 0 bridgehead atoms. The van der Waals surface area contributed by atoms with E-state index in [1.807, 2.05) is 0 Å². The van der Waals surface area contributed by atoms with Gasteiger partial charge in [0, 0.05) is 19.2 Å². The summed E-state index contributed by atoms with van der Waals surface area (Å²) < 4.78 is 5.31. The average molecular weight is 203 g/mol. The van der Waals surface area contributed by atoms with Crippen LogP contribution >= 0.6 is 0 Å². The molecule has 3 nitrogen and oxygen atoms in total. The van der Waals surface area contributed by atoms with Crippen LogP contribution in [-0.4, -0.2) is 37.0 Å². The Labute approximate surface area is 87.8 Å². The summed E-state index contributed by atoms with van der Waals surface area (Å²) in [5.74, 6) is 0. The first-order valence-corrected chi connectivity index (χ1v) is 5.69. The van der Waals surface area contributed by atoms with Crippen molar-refractivity contribution >= 4 is 0 Å². The Kier molecular flexibility index (Phi) is 9.35. The van der Waals surface area contributed by atoms with Crippen molar-refractivity contribution in [3.05, 3.63) is 0 Å². The van der Waals surface area contributed by atoms with Crippen LogP contribution in [0.5, 0.6) is 0 Å². The van der Waals surface area contributed by atoms with Crippen LogP contribution in [0, 0.1) is 0 Å². The molecular weight excluding hydrogens is 178 g/mol. The molecule has 0 aliphatic rings. The van der Waals surface area contributed by atoms with Gasteiger partial charge in [0.05, 0.1) is 12.7 Å². The van der Waals surface area contributed by atoms with E-state index in [-0.39, 0.29) is 6.10 Å². The summed E-state index contributed by atoms with van der Waals surface area (Å²) in [5.41, 5.74) is 0. The van der Waals surface area contributed by atoms with Crippen LogP contribution in [0.15, 0.2) is 0 Å². The van der Waals surface area contributed by atoms with Gasteiger partial charge >= 0.3 is 0 Å². The fraction of sp³-hybridized carbons (Fsp3) is 1.00. The van der Waals surface area contributed by atoms with Gasteiger partial charge in [-0.05, 0) is 19.8 Å². The van der Waals surface area contributed by atoms with Crippen molar-refractivity contribution in [1.82, 2.24) is 5.32 Å². The van der Waals surface area contributed by atoms with Crippen LogP contribution in [0.2, 0.25) is 0 Å². The van der Waals surface area contributed by atoms with Gasteiger partial charge in [0.15, 0.2) is 0 Å². The summed E-state index contributed by atoms with van der Waals surface area (Å²) in [6.07, 6.45) is 2.93. The smallest absolute Gasteiger partial charge is 0.0897 e. The van der Waals surface area contributed by atoms with E-state index in [0.717, 1.165) is 25.9 Å². The molecule has 0 fully saturated rings. The largest absolute Gasteiger partial charge is 0.389 e. The molecule has 0 aliphatic carbocycles. The third kappa shape index (κ3) is 8.48. The molecule has 0 amide bonds. The number of aliphatic hydroxyl groups excluding tert-OH is 1. The molecular formula is C11H25NO2. The fourth-order valence-electron chi connectivity index (χ4n) is 1.01. The zero-order valence-electron chi connectivity index (χ0n) is 9.75. The highest BCUT2D eigenvalue weighted by Gasteiger charge is 2.05. The Hall–Kier alpha value is -0.120. The van der Waals surface area contributed by atoms with E-state index in [9.17, 15) is 5.11 Å². The topological polar surface area (TPSA) is 41.5 Å². The highest BCUT2D eigenvalue weighted by molar-refractivity contribution is 4.63. The Morgan fingerprint density at radius 3 is 2.64 bits per heavy atom. The van der Waals surface area contributed by atoms with Gasteiger partial charge < -0.3 is 15.2 Å². The minimum atomic E-state index is -0.374. The van der Waals surface area contributed by atoms with Gasteiger partial charge in [-0.15, -0.1) is 0 Å². The summed E-state index contributed by atoms with van der Waals surface area (Å²) in [5, 5.41) is 12.7. The molecule has 0 radical (unpaired) electrons. The molecule has 2 N–H and O–H groups in total. The van der Waals surface area contributed by atoms with Crippen LogP contribution in [-0.2, 0) is 4.74 Å². The standard InChI is InChI=1S/C11H25NO2/c1-4-6-7-14-9-11(13)8-12-10(3)5-2/h10-13H,4-9H2,1-3H3. The number of hydrogen-bond acceptors (Lipinski definition) is 3. The van der Waals surface area contributed by atoms with Crippen molar-refractivity contribution in [2.45, 2.75) is 52.2 Å². The molecule has 0 aliphatic heterocycles. The van der Waals surface area contributed by atoms with E-state index in [1.54, 1.807) is 0 Å². The Bertz CT molecular complexity index is 120. The van der Waals surface area contributed by atoms with Crippen molar-refractivity contribution < 1.29 is 9.84 Å². The quantitative estimate of drug-likeness (QED) is 0.559. The van der Waals surface area contributed by atoms with Crippen molar-refractivity contribution in [2.24, 2.45) is 0 Å². The van der Waals surface area contributed by atoms with Gasteiger partial charge in [-0.2, -0.15) is 0 Å². The lowest BCUT2D eigenvalue weighted by Crippen LogP contribution is -2.35. The highest BCUT2D eigenvalue weighted by Crippen LogP contribution is 1.92. The molecule has 0 heterocycles. The summed E-state index contributed by atoms with van der Waals surface area (Å²) in [6.45, 7) is 8.21. The monoisotopic (exact) mass is 203 g/mol. The van der Waals surface area contributed by atoms with E-state index in [0.29, 0.717) is 19.2 Å². The minimum absolute atomic E-state index is 0.374. The maximum Gasteiger partial charge on any atom is 0.0897 e. The molecule has 2 atom stereocenters. The van der Waals surface area contributed by atoms with Crippen molar-refractivity contribution in [3.63, 3.8) is 0 Å². The molecule has 0 rings (SSSR count). The van der Waals surface area contributed by atoms with Crippen molar-refractivity contribution in [3.8, 4) is 0 Å². The number of ether oxygens (including phenoxy) is 1. The Balaban J connectivity index is 3.23.